The van der Waals surface area contributed by atoms with Crippen molar-refractivity contribution in [1.82, 2.24) is 0 Å². The minimum atomic E-state index is -2.13. The number of allylic oxidation sites excluding steroid dienone is 4. The molecule has 0 saturated carbocycles. The van der Waals surface area contributed by atoms with E-state index < -0.39 is 13.9 Å². The third-order valence-corrected chi connectivity index (χ3v) is 12.2. The number of benzene rings is 1. The van der Waals surface area contributed by atoms with E-state index in [-0.39, 0.29) is 24.7 Å². The predicted molar refractivity (Wildman–Crippen MR) is 168 cm³/mol. The van der Waals surface area contributed by atoms with Crippen molar-refractivity contribution in [3.05, 3.63) is 46.1 Å². The second-order valence-corrected chi connectivity index (χ2v) is 17.8. The first-order chi connectivity index (χ1) is 18.5. The molecule has 0 N–H and O–H groups in total. The molecule has 1 atom stereocenters. The van der Waals surface area contributed by atoms with Crippen LogP contribution in [0.25, 0.3) is 6.08 Å². The predicted octanol–water partition coefficient (Wildman–Crippen LogP) is 9.15. The zero-order valence-corrected chi connectivity index (χ0v) is 28.4. The number of fused-ring (bicyclic) bond motifs is 1. The summed E-state index contributed by atoms with van der Waals surface area (Å²) in [6.45, 7) is 24.1. The van der Waals surface area contributed by atoms with Crippen molar-refractivity contribution in [3.63, 3.8) is 0 Å². The van der Waals surface area contributed by atoms with Crippen molar-refractivity contribution < 1.29 is 28.1 Å². The highest BCUT2D eigenvalue weighted by molar-refractivity contribution is 6.74. The van der Waals surface area contributed by atoms with Crippen molar-refractivity contribution >= 4 is 14.4 Å². The maximum Gasteiger partial charge on any atom is 0.192 e. The quantitative estimate of drug-likeness (QED) is 0.125. The summed E-state index contributed by atoms with van der Waals surface area (Å²) in [7, 11) is 1.13. The van der Waals surface area contributed by atoms with Gasteiger partial charge in [0.1, 0.15) is 22.8 Å². The van der Waals surface area contributed by atoms with Gasteiger partial charge in [-0.3, -0.25) is 0 Å². The van der Waals surface area contributed by atoms with Gasteiger partial charge >= 0.3 is 0 Å². The summed E-state index contributed by atoms with van der Waals surface area (Å²) in [6.07, 6.45) is 11.1. The average molecular weight is 575 g/mol. The van der Waals surface area contributed by atoms with E-state index in [9.17, 15) is 0 Å². The van der Waals surface area contributed by atoms with Gasteiger partial charge in [-0.05, 0) is 91.1 Å². The molecule has 0 spiro atoms. The van der Waals surface area contributed by atoms with Gasteiger partial charge in [0, 0.05) is 19.8 Å². The Morgan fingerprint density at radius 2 is 1.60 bits per heavy atom. The molecule has 1 aliphatic heterocycles. The largest absolute Gasteiger partial charge is 0.482 e. The SMILES string of the molecule is COCOc1c2c(c(C(C)O[Si](C)(C)C(C)(C)C)c(OCOC)c1C/C=C(\C)CCC=C(C)C)OC(C)(C)C=C2. The molecule has 1 heterocycles. The van der Waals surface area contributed by atoms with E-state index in [1.165, 1.54) is 11.1 Å². The van der Waals surface area contributed by atoms with Crippen LogP contribution in [-0.2, 0) is 20.3 Å². The number of rotatable bonds is 14. The van der Waals surface area contributed by atoms with Gasteiger partial charge in [0.05, 0.1) is 17.2 Å². The maximum atomic E-state index is 6.95. The van der Waals surface area contributed by atoms with E-state index in [4.69, 9.17) is 28.1 Å². The van der Waals surface area contributed by atoms with E-state index in [1.807, 2.05) is 13.8 Å². The minimum Gasteiger partial charge on any atom is -0.482 e. The molecule has 6 nitrogen and oxygen atoms in total. The molecule has 0 fully saturated rings. The van der Waals surface area contributed by atoms with Gasteiger partial charge < -0.3 is 28.1 Å². The summed E-state index contributed by atoms with van der Waals surface area (Å²) in [5.41, 5.74) is 4.85. The van der Waals surface area contributed by atoms with Crippen LogP contribution in [-0.4, -0.2) is 41.7 Å². The Kier molecular flexibility index (Phi) is 12.1. The summed E-state index contributed by atoms with van der Waals surface area (Å²) in [5.74, 6) is 2.12. The van der Waals surface area contributed by atoms with E-state index >= 15 is 0 Å². The maximum absolute atomic E-state index is 6.95. The molecule has 1 aromatic rings. The lowest BCUT2D eigenvalue weighted by Gasteiger charge is -2.40. The fraction of sp³-hybridized carbons (Fsp3) is 0.636. The molecule has 0 amide bonds. The van der Waals surface area contributed by atoms with Gasteiger partial charge in [-0.1, -0.05) is 44.1 Å². The van der Waals surface area contributed by atoms with Crippen molar-refractivity contribution in [2.24, 2.45) is 0 Å². The number of methoxy groups -OCH3 is 2. The Bertz CT molecular complexity index is 1090. The minimum absolute atomic E-state index is 0.0460. The molecule has 0 aliphatic carbocycles. The molecule has 0 aromatic heterocycles. The van der Waals surface area contributed by atoms with Gasteiger partial charge in [-0.15, -0.1) is 0 Å². The second kappa shape index (κ2) is 14.2. The Labute approximate surface area is 244 Å². The number of ether oxygens (including phenoxy) is 5. The number of hydrogen-bond acceptors (Lipinski definition) is 6. The Morgan fingerprint density at radius 1 is 1.00 bits per heavy atom. The van der Waals surface area contributed by atoms with Crippen molar-refractivity contribution in [1.29, 1.82) is 0 Å². The second-order valence-electron chi connectivity index (χ2n) is 13.0. The lowest BCUT2D eigenvalue weighted by atomic mass is 9.91. The summed E-state index contributed by atoms with van der Waals surface area (Å²) >= 11 is 0. The van der Waals surface area contributed by atoms with Gasteiger partial charge in [-0.2, -0.15) is 0 Å². The molecular formula is C33H54O6Si. The molecule has 0 saturated heterocycles. The first-order valence-corrected chi connectivity index (χ1v) is 17.3. The van der Waals surface area contributed by atoms with Crippen LogP contribution < -0.4 is 14.2 Å². The summed E-state index contributed by atoms with van der Waals surface area (Å²) in [4.78, 5) is 0. The topological polar surface area (TPSA) is 55.4 Å². The zero-order valence-electron chi connectivity index (χ0n) is 27.4. The van der Waals surface area contributed by atoms with E-state index in [2.05, 4.69) is 85.9 Å². The van der Waals surface area contributed by atoms with Gasteiger partial charge in [-0.25, -0.2) is 0 Å². The first kappa shape index (κ1) is 34.1. The summed E-state index contributed by atoms with van der Waals surface area (Å²) in [6, 6.07) is 0. The van der Waals surface area contributed by atoms with Gasteiger partial charge in [0.15, 0.2) is 21.9 Å². The van der Waals surface area contributed by atoms with E-state index in [1.54, 1.807) is 14.2 Å². The Morgan fingerprint density at radius 3 is 2.15 bits per heavy atom. The third kappa shape index (κ3) is 8.97. The standard InChI is InChI=1S/C33H54O6Si/c1-23(2)15-14-16-24(3)17-18-26-29(36-21-34-10)27-19-20-33(8,9)38-31(27)28(30(26)37-22-35-11)25(4)39-40(12,13)32(5,6)7/h15,17,19-20,25H,14,16,18,21-22H2,1-13H3/b24-17+. The third-order valence-electron chi connectivity index (χ3n) is 7.62. The van der Waals surface area contributed by atoms with Crippen LogP contribution in [0.2, 0.25) is 18.1 Å². The van der Waals surface area contributed by atoms with Gasteiger partial charge in [0.25, 0.3) is 0 Å². The molecule has 1 aliphatic rings. The highest BCUT2D eigenvalue weighted by Crippen LogP contribution is 2.52. The molecule has 1 unspecified atom stereocenters. The summed E-state index contributed by atoms with van der Waals surface area (Å²) in [5, 5.41) is 0.0460. The molecular weight excluding hydrogens is 520 g/mol. The monoisotopic (exact) mass is 574 g/mol. The fourth-order valence-electron chi connectivity index (χ4n) is 4.39. The molecule has 7 heteroatoms. The van der Waals surface area contributed by atoms with Gasteiger partial charge in [0.2, 0.25) is 0 Å². The van der Waals surface area contributed by atoms with Crippen LogP contribution in [0, 0.1) is 0 Å². The smallest absolute Gasteiger partial charge is 0.192 e. The van der Waals surface area contributed by atoms with Crippen molar-refractivity contribution in [2.75, 3.05) is 27.8 Å². The van der Waals surface area contributed by atoms with Crippen LogP contribution in [0.5, 0.6) is 17.2 Å². The molecule has 0 bridgehead atoms. The van der Waals surface area contributed by atoms with Crippen LogP contribution in [0.15, 0.2) is 29.4 Å². The van der Waals surface area contributed by atoms with Crippen LogP contribution in [0.4, 0.5) is 0 Å². The van der Waals surface area contributed by atoms with Crippen molar-refractivity contribution in [2.45, 2.75) is 111 Å². The average Bonchev–Trinajstić information content (AvgIpc) is 2.82. The normalized spacial score (nSPS) is 15.8. The Balaban J connectivity index is 2.81. The highest BCUT2D eigenvalue weighted by Gasteiger charge is 2.41. The summed E-state index contributed by atoms with van der Waals surface area (Å²) < 4.78 is 37.0. The van der Waals surface area contributed by atoms with E-state index in [0.29, 0.717) is 17.9 Å². The molecule has 1 aromatic carbocycles. The van der Waals surface area contributed by atoms with Crippen LogP contribution in [0.1, 0.15) is 97.9 Å². The molecule has 2 rings (SSSR count). The zero-order chi connectivity index (χ0) is 30.3. The lowest BCUT2D eigenvalue weighted by molar-refractivity contribution is 0.0415. The van der Waals surface area contributed by atoms with Crippen LogP contribution in [0.3, 0.4) is 0 Å². The molecule has 226 valence electrons. The number of hydrogen-bond donors (Lipinski definition) is 0. The molecule has 0 radical (unpaired) electrons. The lowest BCUT2D eigenvalue weighted by Crippen LogP contribution is -2.41. The highest BCUT2D eigenvalue weighted by atomic mass is 28.4. The van der Waals surface area contributed by atoms with Crippen LogP contribution >= 0.6 is 0 Å². The Hall–Kier alpha value is -2.06. The van der Waals surface area contributed by atoms with E-state index in [0.717, 1.165) is 35.3 Å². The first-order valence-electron chi connectivity index (χ1n) is 14.4. The molecule has 40 heavy (non-hydrogen) atoms. The fourth-order valence-corrected chi connectivity index (χ4v) is 5.74. The van der Waals surface area contributed by atoms with Crippen molar-refractivity contribution in [3.8, 4) is 17.2 Å².